The summed E-state index contributed by atoms with van der Waals surface area (Å²) in [6, 6.07) is 16.9. The van der Waals surface area contributed by atoms with E-state index in [1.54, 1.807) is 11.3 Å². The molecular formula is C19H17ClN2S. The Morgan fingerprint density at radius 1 is 1.13 bits per heavy atom. The lowest BCUT2D eigenvalue weighted by Gasteiger charge is -2.26. The SMILES string of the molecule is Cc1cccc(-c2ccccc2C2CNCc3sc(Cl)cc32)n1. The number of rotatable bonds is 2. The average molecular weight is 341 g/mol. The van der Waals surface area contributed by atoms with Crippen molar-refractivity contribution in [2.24, 2.45) is 0 Å². The van der Waals surface area contributed by atoms with Gasteiger partial charge in [-0.15, -0.1) is 11.3 Å². The fourth-order valence-electron chi connectivity index (χ4n) is 3.29. The predicted molar refractivity (Wildman–Crippen MR) is 97.3 cm³/mol. The van der Waals surface area contributed by atoms with Crippen molar-refractivity contribution in [3.8, 4) is 11.3 Å². The Bertz CT molecular complexity index is 856. The highest BCUT2D eigenvalue weighted by Gasteiger charge is 2.26. The minimum Gasteiger partial charge on any atom is -0.311 e. The topological polar surface area (TPSA) is 24.9 Å². The number of aromatic nitrogens is 1. The van der Waals surface area contributed by atoms with Crippen molar-refractivity contribution >= 4 is 22.9 Å². The van der Waals surface area contributed by atoms with Crippen LogP contribution in [0.1, 0.15) is 27.6 Å². The summed E-state index contributed by atoms with van der Waals surface area (Å²) >= 11 is 7.94. The van der Waals surface area contributed by atoms with E-state index >= 15 is 0 Å². The molecule has 0 saturated heterocycles. The predicted octanol–water partition coefficient (Wildman–Crippen LogP) is 5.01. The molecule has 0 spiro atoms. The summed E-state index contributed by atoms with van der Waals surface area (Å²) in [6.45, 7) is 3.88. The minimum absolute atomic E-state index is 0.320. The van der Waals surface area contributed by atoms with Crippen LogP contribution in [0.4, 0.5) is 0 Å². The Kier molecular flexibility index (Phi) is 3.93. The van der Waals surface area contributed by atoms with Crippen LogP contribution in [0, 0.1) is 6.92 Å². The van der Waals surface area contributed by atoms with Gasteiger partial charge in [-0.2, -0.15) is 0 Å². The third-order valence-electron chi connectivity index (χ3n) is 4.32. The number of aryl methyl sites for hydroxylation is 1. The van der Waals surface area contributed by atoms with Gasteiger partial charge in [0.25, 0.3) is 0 Å². The lowest BCUT2D eigenvalue weighted by Crippen LogP contribution is -2.27. The van der Waals surface area contributed by atoms with Gasteiger partial charge in [0, 0.05) is 35.1 Å². The summed E-state index contributed by atoms with van der Waals surface area (Å²) in [5.74, 6) is 0.320. The molecule has 4 heteroatoms. The Balaban J connectivity index is 1.85. The van der Waals surface area contributed by atoms with Crippen molar-refractivity contribution in [2.45, 2.75) is 19.4 Å². The van der Waals surface area contributed by atoms with Gasteiger partial charge in [0.2, 0.25) is 0 Å². The number of benzene rings is 1. The molecule has 4 rings (SSSR count). The van der Waals surface area contributed by atoms with E-state index in [0.717, 1.165) is 28.8 Å². The Morgan fingerprint density at radius 3 is 2.87 bits per heavy atom. The van der Waals surface area contributed by atoms with Crippen LogP contribution < -0.4 is 5.32 Å². The molecule has 0 fully saturated rings. The molecule has 0 aliphatic carbocycles. The van der Waals surface area contributed by atoms with Gasteiger partial charge < -0.3 is 5.32 Å². The standard InChI is InChI=1S/C19H17ClN2S/c1-12-5-4-8-17(22-12)14-7-3-2-6-13(14)16-10-21-11-18-15(16)9-19(20)23-18/h2-9,16,21H,10-11H2,1H3. The molecule has 1 aliphatic rings. The maximum Gasteiger partial charge on any atom is 0.0934 e. The van der Waals surface area contributed by atoms with E-state index < -0.39 is 0 Å². The summed E-state index contributed by atoms with van der Waals surface area (Å²) in [4.78, 5) is 6.06. The molecule has 1 aliphatic heterocycles. The molecule has 1 atom stereocenters. The van der Waals surface area contributed by atoms with Crippen molar-refractivity contribution in [1.82, 2.24) is 10.3 Å². The highest BCUT2D eigenvalue weighted by molar-refractivity contribution is 7.16. The van der Waals surface area contributed by atoms with Crippen LogP contribution in [0.5, 0.6) is 0 Å². The molecule has 3 aromatic rings. The van der Waals surface area contributed by atoms with Crippen LogP contribution in [0.3, 0.4) is 0 Å². The van der Waals surface area contributed by atoms with Gasteiger partial charge >= 0.3 is 0 Å². The normalized spacial score (nSPS) is 17.0. The van der Waals surface area contributed by atoms with E-state index in [9.17, 15) is 0 Å². The largest absolute Gasteiger partial charge is 0.311 e. The monoisotopic (exact) mass is 340 g/mol. The molecule has 0 radical (unpaired) electrons. The third-order valence-corrected chi connectivity index (χ3v) is 5.60. The third kappa shape index (κ3) is 2.80. The summed E-state index contributed by atoms with van der Waals surface area (Å²) < 4.78 is 0.870. The number of nitrogens with one attached hydrogen (secondary N) is 1. The number of fused-ring (bicyclic) bond motifs is 1. The van der Waals surface area contributed by atoms with Gasteiger partial charge in [-0.05, 0) is 36.2 Å². The molecule has 0 saturated carbocycles. The van der Waals surface area contributed by atoms with Gasteiger partial charge in [-0.3, -0.25) is 4.98 Å². The van der Waals surface area contributed by atoms with Gasteiger partial charge in [0.05, 0.1) is 10.0 Å². The molecule has 3 heterocycles. The number of hydrogen-bond acceptors (Lipinski definition) is 3. The summed E-state index contributed by atoms with van der Waals surface area (Å²) in [5, 5.41) is 3.52. The second-order valence-corrected chi connectivity index (χ2v) is 7.63. The molecule has 2 nitrogen and oxygen atoms in total. The van der Waals surface area contributed by atoms with Crippen molar-refractivity contribution < 1.29 is 0 Å². The van der Waals surface area contributed by atoms with Crippen LogP contribution in [0.2, 0.25) is 4.34 Å². The summed E-state index contributed by atoms with van der Waals surface area (Å²) in [5.41, 5.74) is 5.96. The zero-order valence-corrected chi connectivity index (χ0v) is 14.4. The summed E-state index contributed by atoms with van der Waals surface area (Å²) in [7, 11) is 0. The highest BCUT2D eigenvalue weighted by atomic mass is 35.5. The first-order valence-electron chi connectivity index (χ1n) is 7.74. The second kappa shape index (κ2) is 6.08. The van der Waals surface area contributed by atoms with Gasteiger partial charge in [-0.1, -0.05) is 41.9 Å². The number of pyridine rings is 1. The first-order chi connectivity index (χ1) is 11.2. The molecule has 1 unspecified atom stereocenters. The first kappa shape index (κ1) is 14.9. The van der Waals surface area contributed by atoms with E-state index in [4.69, 9.17) is 16.6 Å². The van der Waals surface area contributed by atoms with Crippen molar-refractivity contribution in [2.75, 3.05) is 6.54 Å². The number of thiophene rings is 1. The van der Waals surface area contributed by atoms with Gasteiger partial charge in [-0.25, -0.2) is 0 Å². The zero-order valence-electron chi connectivity index (χ0n) is 12.8. The van der Waals surface area contributed by atoms with Crippen molar-refractivity contribution in [1.29, 1.82) is 0 Å². The summed E-state index contributed by atoms with van der Waals surface area (Å²) in [6.07, 6.45) is 0. The molecule has 1 aromatic carbocycles. The Hall–Kier alpha value is -1.68. The van der Waals surface area contributed by atoms with Crippen LogP contribution >= 0.6 is 22.9 Å². The quantitative estimate of drug-likeness (QED) is 0.709. The molecule has 1 N–H and O–H groups in total. The molecule has 2 aromatic heterocycles. The van der Waals surface area contributed by atoms with E-state index in [1.165, 1.54) is 21.6 Å². The zero-order chi connectivity index (χ0) is 15.8. The maximum atomic E-state index is 6.26. The lowest BCUT2D eigenvalue weighted by atomic mass is 9.85. The first-order valence-corrected chi connectivity index (χ1v) is 8.93. The fourth-order valence-corrected chi connectivity index (χ4v) is 4.60. The van der Waals surface area contributed by atoms with Crippen LogP contribution in [0.15, 0.2) is 48.5 Å². The average Bonchev–Trinajstić information content (AvgIpc) is 2.95. The molecule has 0 amide bonds. The number of halogens is 1. The van der Waals surface area contributed by atoms with E-state index in [-0.39, 0.29) is 0 Å². The second-order valence-electron chi connectivity index (χ2n) is 5.86. The number of nitrogens with zero attached hydrogens (tertiary/aromatic N) is 1. The van der Waals surface area contributed by atoms with E-state index in [0.29, 0.717) is 5.92 Å². The molecule has 23 heavy (non-hydrogen) atoms. The van der Waals surface area contributed by atoms with E-state index in [2.05, 4.69) is 47.8 Å². The molecular weight excluding hydrogens is 324 g/mol. The smallest absolute Gasteiger partial charge is 0.0934 e. The Morgan fingerprint density at radius 2 is 2.00 bits per heavy atom. The maximum absolute atomic E-state index is 6.26. The lowest BCUT2D eigenvalue weighted by molar-refractivity contribution is 0.601. The highest BCUT2D eigenvalue weighted by Crippen LogP contribution is 2.40. The van der Waals surface area contributed by atoms with Crippen LogP contribution in [0.25, 0.3) is 11.3 Å². The molecule has 0 bridgehead atoms. The van der Waals surface area contributed by atoms with E-state index in [1.807, 2.05) is 13.0 Å². The fraction of sp³-hybridized carbons (Fsp3) is 0.211. The number of hydrogen-bond donors (Lipinski definition) is 1. The minimum atomic E-state index is 0.320. The molecule has 116 valence electrons. The van der Waals surface area contributed by atoms with Crippen molar-refractivity contribution in [3.63, 3.8) is 0 Å². The van der Waals surface area contributed by atoms with Gasteiger partial charge in [0.15, 0.2) is 0 Å². The van der Waals surface area contributed by atoms with Crippen LogP contribution in [-0.4, -0.2) is 11.5 Å². The Labute approximate surface area is 145 Å². The van der Waals surface area contributed by atoms with Gasteiger partial charge in [0.1, 0.15) is 0 Å². The van der Waals surface area contributed by atoms with Crippen molar-refractivity contribution in [3.05, 3.63) is 74.6 Å². The van der Waals surface area contributed by atoms with Crippen LogP contribution in [-0.2, 0) is 6.54 Å².